The fourth-order valence-corrected chi connectivity index (χ4v) is 2.61. The molecule has 1 amide bonds. The Labute approximate surface area is 135 Å². The Kier molecular flexibility index (Phi) is 6.03. The number of nitrogens with one attached hydrogen (secondary N) is 2. The van der Waals surface area contributed by atoms with Gasteiger partial charge in [0.05, 0.1) is 5.52 Å². The van der Waals surface area contributed by atoms with Crippen molar-refractivity contribution in [2.24, 2.45) is 5.14 Å². The summed E-state index contributed by atoms with van der Waals surface area (Å²) in [4.78, 5) is 16.1. The SMILES string of the molecule is NS(=O)(=O)NCCCCCC(=O)Nc1ccc2ncccc2c1. The standard InChI is InChI=1S/C15H20N4O3S/c16-23(21,22)18-10-3-1-2-6-15(20)19-13-7-8-14-12(11-13)5-4-9-17-14/h4-5,7-9,11,18H,1-3,6,10H2,(H,19,20)(H2,16,21,22). The molecule has 0 radical (unpaired) electrons. The maximum absolute atomic E-state index is 11.9. The molecule has 7 nitrogen and oxygen atoms in total. The Balaban J connectivity index is 1.71. The van der Waals surface area contributed by atoms with Crippen LogP contribution in [0.1, 0.15) is 25.7 Å². The molecule has 4 N–H and O–H groups in total. The summed E-state index contributed by atoms with van der Waals surface area (Å²) in [5.74, 6) is -0.0624. The van der Waals surface area contributed by atoms with Gasteiger partial charge in [-0.3, -0.25) is 9.78 Å². The van der Waals surface area contributed by atoms with Gasteiger partial charge in [0.1, 0.15) is 0 Å². The zero-order valence-corrected chi connectivity index (χ0v) is 13.5. The third kappa shape index (κ3) is 6.31. The van der Waals surface area contributed by atoms with E-state index in [-0.39, 0.29) is 12.5 Å². The van der Waals surface area contributed by atoms with Crippen molar-refractivity contribution in [3.8, 4) is 0 Å². The first kappa shape index (κ1) is 17.3. The van der Waals surface area contributed by atoms with Crippen molar-refractivity contribution < 1.29 is 13.2 Å². The predicted molar refractivity (Wildman–Crippen MR) is 90.0 cm³/mol. The van der Waals surface area contributed by atoms with Crippen LogP contribution >= 0.6 is 0 Å². The lowest BCUT2D eigenvalue weighted by Gasteiger charge is -2.06. The summed E-state index contributed by atoms with van der Waals surface area (Å²) in [5.41, 5.74) is 1.62. The van der Waals surface area contributed by atoms with E-state index in [1.165, 1.54) is 0 Å². The van der Waals surface area contributed by atoms with Gasteiger partial charge in [-0.1, -0.05) is 12.5 Å². The molecule has 0 spiro atoms. The normalized spacial score (nSPS) is 11.5. The van der Waals surface area contributed by atoms with Crippen LogP contribution in [0.25, 0.3) is 10.9 Å². The van der Waals surface area contributed by atoms with Gasteiger partial charge in [0.25, 0.3) is 10.2 Å². The maximum Gasteiger partial charge on any atom is 0.274 e. The van der Waals surface area contributed by atoms with E-state index in [0.29, 0.717) is 19.3 Å². The van der Waals surface area contributed by atoms with E-state index >= 15 is 0 Å². The number of carbonyl (C=O) groups excluding carboxylic acids is 1. The van der Waals surface area contributed by atoms with Crippen LogP contribution in [-0.4, -0.2) is 25.9 Å². The van der Waals surface area contributed by atoms with Gasteiger partial charge in [0, 0.05) is 30.2 Å². The van der Waals surface area contributed by atoms with Crippen LogP contribution in [0.4, 0.5) is 5.69 Å². The molecule has 1 heterocycles. The van der Waals surface area contributed by atoms with E-state index in [0.717, 1.165) is 23.0 Å². The second-order valence-corrected chi connectivity index (χ2v) is 6.59. The predicted octanol–water partition coefficient (Wildman–Crippen LogP) is 1.53. The average Bonchev–Trinajstić information content (AvgIpc) is 2.49. The Morgan fingerprint density at radius 2 is 2.00 bits per heavy atom. The lowest BCUT2D eigenvalue weighted by atomic mass is 10.1. The molecule has 0 atom stereocenters. The Morgan fingerprint density at radius 1 is 1.17 bits per heavy atom. The first-order valence-corrected chi connectivity index (χ1v) is 8.91. The van der Waals surface area contributed by atoms with Crippen LogP contribution in [0.5, 0.6) is 0 Å². The number of fused-ring (bicyclic) bond motifs is 1. The van der Waals surface area contributed by atoms with E-state index in [9.17, 15) is 13.2 Å². The minimum Gasteiger partial charge on any atom is -0.326 e. The molecule has 0 aliphatic carbocycles. The van der Waals surface area contributed by atoms with Gasteiger partial charge in [0.15, 0.2) is 0 Å². The highest BCUT2D eigenvalue weighted by atomic mass is 32.2. The van der Waals surface area contributed by atoms with Crippen LogP contribution < -0.4 is 15.2 Å². The molecule has 0 saturated heterocycles. The van der Waals surface area contributed by atoms with Crippen molar-refractivity contribution in [2.45, 2.75) is 25.7 Å². The lowest BCUT2D eigenvalue weighted by Crippen LogP contribution is -2.31. The van der Waals surface area contributed by atoms with Gasteiger partial charge in [0.2, 0.25) is 5.91 Å². The molecule has 1 aromatic carbocycles. The minimum absolute atomic E-state index is 0.0624. The van der Waals surface area contributed by atoms with Crippen LogP contribution in [-0.2, 0) is 15.0 Å². The van der Waals surface area contributed by atoms with Crippen LogP contribution in [0.15, 0.2) is 36.5 Å². The Hall–Kier alpha value is -2.03. The third-order valence-corrected chi connectivity index (χ3v) is 3.88. The van der Waals surface area contributed by atoms with Crippen molar-refractivity contribution in [3.63, 3.8) is 0 Å². The van der Waals surface area contributed by atoms with Gasteiger partial charge < -0.3 is 5.32 Å². The molecule has 0 unspecified atom stereocenters. The molecule has 8 heteroatoms. The molecule has 0 aliphatic rings. The number of hydrogen-bond donors (Lipinski definition) is 3. The Morgan fingerprint density at radius 3 is 2.78 bits per heavy atom. The number of aromatic nitrogens is 1. The molecular formula is C15H20N4O3S. The zero-order chi connectivity index (χ0) is 16.7. The van der Waals surface area contributed by atoms with Crippen molar-refractivity contribution in [3.05, 3.63) is 36.5 Å². The molecule has 124 valence electrons. The molecular weight excluding hydrogens is 316 g/mol. The van der Waals surface area contributed by atoms with E-state index in [4.69, 9.17) is 5.14 Å². The quantitative estimate of drug-likeness (QED) is 0.634. The first-order chi connectivity index (χ1) is 10.9. The highest BCUT2D eigenvalue weighted by molar-refractivity contribution is 7.87. The number of pyridine rings is 1. The smallest absolute Gasteiger partial charge is 0.274 e. The lowest BCUT2D eigenvalue weighted by molar-refractivity contribution is -0.116. The molecule has 1 aromatic heterocycles. The summed E-state index contributed by atoms with van der Waals surface area (Å²) >= 11 is 0. The number of unbranched alkanes of at least 4 members (excludes halogenated alkanes) is 2. The largest absolute Gasteiger partial charge is 0.326 e. The van der Waals surface area contributed by atoms with Gasteiger partial charge in [-0.15, -0.1) is 0 Å². The highest BCUT2D eigenvalue weighted by Gasteiger charge is 2.04. The van der Waals surface area contributed by atoms with Gasteiger partial charge >= 0.3 is 0 Å². The number of amides is 1. The molecule has 2 rings (SSSR count). The summed E-state index contributed by atoms with van der Waals surface area (Å²) < 4.78 is 23.5. The zero-order valence-electron chi connectivity index (χ0n) is 12.7. The number of nitrogens with two attached hydrogens (primary N) is 1. The number of nitrogens with zero attached hydrogens (tertiary/aromatic N) is 1. The number of anilines is 1. The summed E-state index contributed by atoms with van der Waals surface area (Å²) in [6.45, 7) is 0.290. The number of carbonyl (C=O) groups is 1. The summed E-state index contributed by atoms with van der Waals surface area (Å²) in [5, 5.41) is 8.64. The van der Waals surface area contributed by atoms with Crippen LogP contribution in [0.3, 0.4) is 0 Å². The molecule has 0 bridgehead atoms. The van der Waals surface area contributed by atoms with Crippen LogP contribution in [0, 0.1) is 0 Å². The molecule has 23 heavy (non-hydrogen) atoms. The molecule has 0 aliphatic heterocycles. The van der Waals surface area contributed by atoms with Crippen molar-refractivity contribution in [1.82, 2.24) is 9.71 Å². The summed E-state index contributed by atoms with van der Waals surface area (Å²) in [6.07, 6.45) is 4.20. The summed E-state index contributed by atoms with van der Waals surface area (Å²) in [6, 6.07) is 9.36. The number of rotatable bonds is 8. The molecule has 2 aromatic rings. The fraction of sp³-hybridized carbons (Fsp3) is 0.333. The molecule has 0 fully saturated rings. The van der Waals surface area contributed by atoms with Crippen LogP contribution in [0.2, 0.25) is 0 Å². The first-order valence-electron chi connectivity index (χ1n) is 7.36. The van der Waals surface area contributed by atoms with Gasteiger partial charge in [-0.25, -0.2) is 9.86 Å². The van der Waals surface area contributed by atoms with Gasteiger partial charge in [-0.2, -0.15) is 8.42 Å². The van der Waals surface area contributed by atoms with E-state index in [2.05, 4.69) is 15.0 Å². The van der Waals surface area contributed by atoms with Crippen molar-refractivity contribution in [1.29, 1.82) is 0 Å². The van der Waals surface area contributed by atoms with Gasteiger partial charge in [-0.05, 0) is 37.1 Å². The van der Waals surface area contributed by atoms with Crippen molar-refractivity contribution in [2.75, 3.05) is 11.9 Å². The number of hydrogen-bond acceptors (Lipinski definition) is 4. The topological polar surface area (TPSA) is 114 Å². The van der Waals surface area contributed by atoms with Crippen molar-refractivity contribution >= 4 is 32.7 Å². The second kappa shape index (κ2) is 8.00. The second-order valence-electron chi connectivity index (χ2n) is 5.21. The fourth-order valence-electron chi connectivity index (χ4n) is 2.18. The highest BCUT2D eigenvalue weighted by Crippen LogP contribution is 2.17. The summed E-state index contributed by atoms with van der Waals surface area (Å²) in [7, 11) is -3.62. The van der Waals surface area contributed by atoms with E-state index in [1.54, 1.807) is 6.20 Å². The molecule has 0 saturated carbocycles. The monoisotopic (exact) mass is 336 g/mol. The van der Waals surface area contributed by atoms with E-state index < -0.39 is 10.2 Å². The minimum atomic E-state index is -3.62. The average molecular weight is 336 g/mol. The Bertz CT molecular complexity index is 777. The maximum atomic E-state index is 11.9. The third-order valence-electron chi connectivity index (χ3n) is 3.27. The number of benzene rings is 1. The van der Waals surface area contributed by atoms with E-state index in [1.807, 2.05) is 30.3 Å².